The van der Waals surface area contributed by atoms with Crippen molar-refractivity contribution in [2.45, 2.75) is 190 Å². The second-order valence-corrected chi connectivity index (χ2v) is 15.2. The summed E-state index contributed by atoms with van der Waals surface area (Å²) in [6.07, 6.45) is 27.7. The van der Waals surface area contributed by atoms with E-state index in [1.807, 2.05) is 0 Å². The number of aryl methyl sites for hydroxylation is 2. The van der Waals surface area contributed by atoms with Gasteiger partial charge in [-0.1, -0.05) is 111 Å². The Labute approximate surface area is 272 Å². The highest BCUT2D eigenvalue weighted by Crippen LogP contribution is 2.30. The van der Waals surface area contributed by atoms with Crippen molar-refractivity contribution in [3.63, 3.8) is 0 Å². The second kappa shape index (κ2) is 23.5. The Morgan fingerprint density at radius 2 is 0.651 bits per heavy atom. The van der Waals surface area contributed by atoms with Gasteiger partial charge >= 0.3 is 0 Å². The molecule has 0 aliphatic carbocycles. The molecule has 0 bridgehead atoms. The Balaban J connectivity index is 3.16. The smallest absolute Gasteiger partial charge is 0.105 e. The zero-order valence-corrected chi connectivity index (χ0v) is 31.4. The molecular weight excluding hydrogens is 520 g/mol. The lowest BCUT2D eigenvalue weighted by Crippen LogP contribution is -2.46. The predicted molar refractivity (Wildman–Crippen MR) is 195 cm³/mol. The lowest BCUT2D eigenvalue weighted by Gasteiger charge is -2.38. The van der Waals surface area contributed by atoms with Crippen LogP contribution in [-0.4, -0.2) is 49.2 Å². The first-order valence-electron chi connectivity index (χ1n) is 19.4. The van der Waals surface area contributed by atoms with E-state index < -0.39 is 0 Å². The zero-order valence-electron chi connectivity index (χ0n) is 31.4. The largest absolute Gasteiger partial charge is 0.322 e. The third-order valence-electron chi connectivity index (χ3n) is 10.6. The van der Waals surface area contributed by atoms with Crippen LogP contribution in [0.3, 0.4) is 0 Å². The van der Waals surface area contributed by atoms with Crippen LogP contribution in [0.4, 0.5) is 0 Å². The fraction of sp³-hybridized carbons (Fsp3) is 0.854. The van der Waals surface area contributed by atoms with Crippen LogP contribution in [0.15, 0.2) is 6.07 Å². The maximum Gasteiger partial charge on any atom is 0.105 e. The molecule has 0 fully saturated rings. The molecule has 0 aromatic heterocycles. The normalized spacial score (nSPS) is 14.6. The number of rotatable bonds is 28. The Hall–Kier alpha value is -0.860. The van der Waals surface area contributed by atoms with Crippen LogP contribution < -0.4 is 0 Å². The van der Waals surface area contributed by atoms with E-state index in [1.54, 1.807) is 16.7 Å². The zero-order chi connectivity index (χ0) is 32.0. The Kier molecular flexibility index (Phi) is 21.9. The van der Waals surface area contributed by atoms with Crippen molar-refractivity contribution in [1.29, 1.82) is 0 Å². The van der Waals surface area contributed by atoms with E-state index in [9.17, 15) is 0 Å². The minimum Gasteiger partial charge on any atom is -0.322 e. The van der Waals surface area contributed by atoms with Crippen molar-refractivity contribution >= 4 is 0 Å². The summed E-state index contributed by atoms with van der Waals surface area (Å²) in [7, 11) is 5.17. The minimum absolute atomic E-state index is 1.21. The summed E-state index contributed by atoms with van der Waals surface area (Å²) in [6.45, 7) is 24.4. The van der Waals surface area contributed by atoms with Crippen molar-refractivity contribution in [3.05, 3.63) is 33.9 Å². The van der Waals surface area contributed by atoms with Gasteiger partial charge in [0.2, 0.25) is 0 Å². The van der Waals surface area contributed by atoms with Crippen molar-refractivity contribution in [1.82, 2.24) is 0 Å². The summed E-state index contributed by atoms with van der Waals surface area (Å²) in [6, 6.07) is 2.55. The first kappa shape index (κ1) is 40.2. The number of hydrogen-bond acceptors (Lipinski definition) is 0. The minimum atomic E-state index is 1.21. The molecule has 0 radical (unpaired) electrons. The first-order chi connectivity index (χ1) is 20.6. The van der Waals surface area contributed by atoms with E-state index in [1.165, 1.54) is 188 Å². The molecule has 2 heteroatoms. The Morgan fingerprint density at radius 1 is 0.395 bits per heavy atom. The number of quaternary nitrogens is 2. The molecule has 2 unspecified atom stereocenters. The quantitative estimate of drug-likeness (QED) is 0.0663. The van der Waals surface area contributed by atoms with Crippen LogP contribution in [0, 0.1) is 20.8 Å². The molecule has 1 aromatic rings. The topological polar surface area (TPSA) is 0 Å². The van der Waals surface area contributed by atoms with Crippen molar-refractivity contribution in [3.8, 4) is 0 Å². The molecule has 0 saturated heterocycles. The number of nitrogens with zero attached hydrogens (tertiary/aromatic N) is 2. The van der Waals surface area contributed by atoms with Gasteiger partial charge in [-0.25, -0.2) is 0 Å². The highest BCUT2D eigenvalue weighted by Gasteiger charge is 2.28. The fourth-order valence-corrected chi connectivity index (χ4v) is 7.45. The van der Waals surface area contributed by atoms with Crippen LogP contribution in [0.5, 0.6) is 0 Å². The molecule has 43 heavy (non-hydrogen) atoms. The average Bonchev–Trinajstić information content (AvgIpc) is 2.98. The number of hydrogen-bond donors (Lipinski definition) is 0. The maximum atomic E-state index is 2.59. The second-order valence-electron chi connectivity index (χ2n) is 15.2. The van der Waals surface area contributed by atoms with Gasteiger partial charge in [-0.05, 0) is 88.8 Å². The van der Waals surface area contributed by atoms with Gasteiger partial charge in [0.05, 0.1) is 40.3 Å². The highest BCUT2D eigenvalue weighted by atomic mass is 15.3. The molecule has 0 saturated carbocycles. The molecule has 0 aliphatic rings. The summed E-state index contributed by atoms with van der Waals surface area (Å²) in [4.78, 5) is 0. The molecule has 2 atom stereocenters. The van der Waals surface area contributed by atoms with Gasteiger partial charge in [0.15, 0.2) is 0 Å². The van der Waals surface area contributed by atoms with Gasteiger partial charge in [0.1, 0.15) is 13.1 Å². The van der Waals surface area contributed by atoms with E-state index in [0.717, 1.165) is 0 Å². The molecule has 0 spiro atoms. The maximum absolute atomic E-state index is 2.59. The lowest BCUT2D eigenvalue weighted by atomic mass is 9.91. The summed E-state index contributed by atoms with van der Waals surface area (Å²) < 4.78 is 2.45. The standard InChI is InChI=1S/C41H80N2/c1-10-14-18-22-24-28-32-42(8,30-26-20-16-12-3)35-40-37(5)34-38(6)41(39(40)7)36-43(9,31-27-21-17-13-4)33-29-25-23-19-15-11-2/h34H,10-33,35-36H2,1-9H3/q+2. The fourth-order valence-electron chi connectivity index (χ4n) is 7.45. The molecule has 0 N–H and O–H groups in total. The molecular formula is C41H80N2+2. The van der Waals surface area contributed by atoms with E-state index in [4.69, 9.17) is 0 Å². The molecule has 252 valence electrons. The van der Waals surface area contributed by atoms with Crippen LogP contribution in [0.25, 0.3) is 0 Å². The monoisotopic (exact) mass is 601 g/mol. The van der Waals surface area contributed by atoms with Gasteiger partial charge in [0, 0.05) is 11.1 Å². The van der Waals surface area contributed by atoms with Crippen LogP contribution in [0.2, 0.25) is 0 Å². The number of unbranched alkanes of at least 4 members (excludes halogenated alkanes) is 16. The van der Waals surface area contributed by atoms with Crippen molar-refractivity contribution < 1.29 is 8.97 Å². The van der Waals surface area contributed by atoms with Gasteiger partial charge in [-0.2, -0.15) is 0 Å². The van der Waals surface area contributed by atoms with Crippen molar-refractivity contribution in [2.75, 3.05) is 40.3 Å². The average molecular weight is 601 g/mol. The summed E-state index contributed by atoms with van der Waals surface area (Å²) in [5.41, 5.74) is 8.03. The molecule has 1 aromatic carbocycles. The number of benzene rings is 1. The van der Waals surface area contributed by atoms with Crippen LogP contribution >= 0.6 is 0 Å². The molecule has 0 heterocycles. The van der Waals surface area contributed by atoms with E-state index in [2.05, 4.69) is 68.6 Å². The van der Waals surface area contributed by atoms with E-state index in [0.29, 0.717) is 0 Å². The Bertz CT molecular complexity index is 765. The highest BCUT2D eigenvalue weighted by molar-refractivity contribution is 5.44. The summed E-state index contributed by atoms with van der Waals surface area (Å²) in [5.74, 6) is 0. The summed E-state index contributed by atoms with van der Waals surface area (Å²) >= 11 is 0. The molecule has 2 nitrogen and oxygen atoms in total. The van der Waals surface area contributed by atoms with Gasteiger partial charge in [-0.3, -0.25) is 0 Å². The van der Waals surface area contributed by atoms with E-state index in [-0.39, 0.29) is 0 Å². The SMILES string of the molecule is CCCCCCCC[N+](C)(CCCCCC)Cc1c(C)cc(C)c(C[N+](C)(CCCCCC)CCCCCCCC)c1C. The van der Waals surface area contributed by atoms with Gasteiger partial charge in [0.25, 0.3) is 0 Å². The van der Waals surface area contributed by atoms with Gasteiger partial charge in [-0.15, -0.1) is 0 Å². The van der Waals surface area contributed by atoms with E-state index >= 15 is 0 Å². The van der Waals surface area contributed by atoms with Gasteiger partial charge < -0.3 is 8.97 Å². The molecule has 1 rings (SSSR count). The van der Waals surface area contributed by atoms with Crippen molar-refractivity contribution in [2.24, 2.45) is 0 Å². The van der Waals surface area contributed by atoms with Crippen LogP contribution in [-0.2, 0) is 13.1 Å². The predicted octanol–water partition coefficient (Wildman–Crippen LogP) is 12.4. The van der Waals surface area contributed by atoms with Crippen LogP contribution in [0.1, 0.15) is 184 Å². The lowest BCUT2D eigenvalue weighted by molar-refractivity contribution is -0.923. The third-order valence-corrected chi connectivity index (χ3v) is 10.6. The molecule has 0 amide bonds. The first-order valence-corrected chi connectivity index (χ1v) is 19.4. The molecule has 0 aliphatic heterocycles. The summed E-state index contributed by atoms with van der Waals surface area (Å²) in [5, 5.41) is 0. The Morgan fingerprint density at radius 3 is 0.953 bits per heavy atom. The third kappa shape index (κ3) is 16.9.